The molecule has 10 heteroatoms. The van der Waals surface area contributed by atoms with Gasteiger partial charge < -0.3 is 19.7 Å². The number of piperidine rings is 1. The number of hydrogen-bond donors (Lipinski definition) is 1. The lowest BCUT2D eigenvalue weighted by Crippen LogP contribution is -2.43. The van der Waals surface area contributed by atoms with Crippen molar-refractivity contribution in [3.05, 3.63) is 0 Å². The van der Waals surface area contributed by atoms with E-state index >= 15 is 0 Å². The van der Waals surface area contributed by atoms with Crippen LogP contribution in [0, 0.1) is 5.92 Å². The molecule has 2 rings (SSSR count). The highest BCUT2D eigenvalue weighted by Gasteiger charge is 2.30. The first kappa shape index (κ1) is 20.9. The fourth-order valence-electron chi connectivity index (χ4n) is 2.64. The lowest BCUT2D eigenvalue weighted by molar-refractivity contribution is -0.151. The summed E-state index contributed by atoms with van der Waals surface area (Å²) in [7, 11) is 1.64. The molecule has 0 saturated carbocycles. The van der Waals surface area contributed by atoms with Gasteiger partial charge in [-0.3, -0.25) is 9.59 Å². The van der Waals surface area contributed by atoms with Crippen molar-refractivity contribution in [2.24, 2.45) is 5.92 Å². The number of hydrogen-bond acceptors (Lipinski definition) is 9. The van der Waals surface area contributed by atoms with E-state index in [0.29, 0.717) is 45.7 Å². The monoisotopic (exact) mass is 402 g/mol. The molecule has 0 aliphatic carbocycles. The number of thioether (sulfide) groups is 1. The molecule has 2 heterocycles. The first-order valence-corrected chi connectivity index (χ1v) is 10.4. The van der Waals surface area contributed by atoms with Crippen molar-refractivity contribution in [2.45, 2.75) is 36.3 Å². The van der Waals surface area contributed by atoms with Crippen LogP contribution in [0.3, 0.4) is 0 Å². The molecule has 1 aromatic heterocycles. The molecule has 1 unspecified atom stereocenters. The predicted octanol–water partition coefficient (Wildman–Crippen LogP) is 1.88. The van der Waals surface area contributed by atoms with Crippen molar-refractivity contribution >= 4 is 40.1 Å². The van der Waals surface area contributed by atoms with E-state index in [1.807, 2.05) is 11.8 Å². The lowest BCUT2D eigenvalue weighted by Gasteiger charge is -2.32. The molecule has 1 amide bonds. The Morgan fingerprint density at radius 3 is 2.77 bits per heavy atom. The Morgan fingerprint density at radius 2 is 2.12 bits per heavy atom. The molecular weight excluding hydrogens is 376 g/mol. The molecule has 8 nitrogen and oxygen atoms in total. The average molecular weight is 403 g/mol. The van der Waals surface area contributed by atoms with Crippen LogP contribution in [0.15, 0.2) is 4.34 Å². The van der Waals surface area contributed by atoms with Crippen LogP contribution in [-0.2, 0) is 19.1 Å². The summed E-state index contributed by atoms with van der Waals surface area (Å²) in [5.41, 5.74) is 0. The van der Waals surface area contributed by atoms with Gasteiger partial charge in [-0.2, -0.15) is 0 Å². The minimum Gasteiger partial charge on any atom is -0.466 e. The molecule has 1 saturated heterocycles. The van der Waals surface area contributed by atoms with E-state index in [0.717, 1.165) is 9.47 Å². The number of likely N-dealkylation sites (tertiary alicyclic amines) is 1. The van der Waals surface area contributed by atoms with Crippen molar-refractivity contribution in [1.82, 2.24) is 15.1 Å². The third-order valence-electron chi connectivity index (χ3n) is 4.04. The molecule has 1 aromatic rings. The van der Waals surface area contributed by atoms with E-state index in [4.69, 9.17) is 9.47 Å². The molecule has 26 heavy (non-hydrogen) atoms. The zero-order valence-corrected chi connectivity index (χ0v) is 17.0. The number of nitrogens with zero attached hydrogens (tertiary/aromatic N) is 3. The lowest BCUT2D eigenvalue weighted by atomic mass is 9.97. The molecule has 1 N–H and O–H groups in total. The molecule has 146 valence electrons. The number of amides is 1. The Morgan fingerprint density at radius 1 is 1.38 bits per heavy atom. The highest BCUT2D eigenvalue weighted by atomic mass is 32.2. The summed E-state index contributed by atoms with van der Waals surface area (Å²) >= 11 is 2.84. The van der Waals surface area contributed by atoms with E-state index in [1.54, 1.807) is 14.0 Å². The molecule has 1 fully saturated rings. The number of methoxy groups -OCH3 is 1. The Bertz CT molecular complexity index is 591. The Balaban J connectivity index is 1.78. The Labute approximate surface area is 162 Å². The summed E-state index contributed by atoms with van der Waals surface area (Å²) in [5.74, 6) is -0.170. The summed E-state index contributed by atoms with van der Waals surface area (Å²) in [6.45, 7) is 6.53. The molecule has 1 aliphatic rings. The fourth-order valence-corrected chi connectivity index (χ4v) is 4.65. The van der Waals surface area contributed by atoms with Gasteiger partial charge in [0.2, 0.25) is 11.0 Å². The first-order chi connectivity index (χ1) is 12.5. The first-order valence-electron chi connectivity index (χ1n) is 8.73. The number of esters is 1. The van der Waals surface area contributed by atoms with Crippen molar-refractivity contribution in [3.63, 3.8) is 0 Å². The summed E-state index contributed by atoms with van der Waals surface area (Å²) in [4.78, 5) is 26.3. The molecule has 0 aromatic carbocycles. The maximum absolute atomic E-state index is 12.6. The third kappa shape index (κ3) is 6.10. The number of nitrogens with one attached hydrogen (secondary N) is 1. The van der Waals surface area contributed by atoms with Crippen LogP contribution in [-0.4, -0.2) is 72.2 Å². The second kappa shape index (κ2) is 10.7. The van der Waals surface area contributed by atoms with Gasteiger partial charge in [-0.05, 0) is 26.7 Å². The minimum absolute atomic E-state index is 0.0707. The van der Waals surface area contributed by atoms with Gasteiger partial charge in [-0.25, -0.2) is 0 Å². The van der Waals surface area contributed by atoms with Gasteiger partial charge in [0.25, 0.3) is 0 Å². The number of ether oxygens (including phenoxy) is 2. The predicted molar refractivity (Wildman–Crippen MR) is 102 cm³/mol. The zero-order valence-electron chi connectivity index (χ0n) is 15.4. The van der Waals surface area contributed by atoms with Crippen LogP contribution < -0.4 is 5.32 Å². The van der Waals surface area contributed by atoms with Crippen molar-refractivity contribution < 1.29 is 19.1 Å². The standard InChI is InChI=1S/C16H26N4O4S2/c1-4-24-14(22)12-5-8-20(9-6-12)13(21)11(2)25-16-19-18-15(26-16)17-7-10-23-3/h11-12H,4-10H2,1-3H3,(H,17,18). The van der Waals surface area contributed by atoms with E-state index < -0.39 is 0 Å². The summed E-state index contributed by atoms with van der Waals surface area (Å²) in [6, 6.07) is 0. The van der Waals surface area contributed by atoms with Crippen LogP contribution in [0.2, 0.25) is 0 Å². The quantitative estimate of drug-likeness (QED) is 0.380. The van der Waals surface area contributed by atoms with E-state index in [1.165, 1.54) is 23.1 Å². The van der Waals surface area contributed by atoms with Crippen LogP contribution in [0.4, 0.5) is 5.13 Å². The van der Waals surface area contributed by atoms with Gasteiger partial charge in [-0.15, -0.1) is 10.2 Å². The molecule has 1 aliphatic heterocycles. The minimum atomic E-state index is -0.242. The van der Waals surface area contributed by atoms with E-state index in [9.17, 15) is 9.59 Å². The van der Waals surface area contributed by atoms with Gasteiger partial charge in [-0.1, -0.05) is 23.1 Å². The van der Waals surface area contributed by atoms with E-state index in [-0.39, 0.29) is 23.0 Å². The van der Waals surface area contributed by atoms with Crippen LogP contribution in [0.5, 0.6) is 0 Å². The van der Waals surface area contributed by atoms with Gasteiger partial charge >= 0.3 is 5.97 Å². The van der Waals surface area contributed by atoms with Crippen molar-refractivity contribution in [2.75, 3.05) is 45.3 Å². The highest BCUT2D eigenvalue weighted by Crippen LogP contribution is 2.30. The zero-order chi connectivity index (χ0) is 18.9. The topological polar surface area (TPSA) is 93.7 Å². The second-order valence-corrected chi connectivity index (χ2v) is 8.47. The SMILES string of the molecule is CCOC(=O)C1CCN(C(=O)C(C)Sc2nnc(NCCOC)s2)CC1. The van der Waals surface area contributed by atoms with Crippen LogP contribution in [0.1, 0.15) is 26.7 Å². The van der Waals surface area contributed by atoms with Gasteiger partial charge in [0.05, 0.1) is 24.4 Å². The maximum atomic E-state index is 12.6. The largest absolute Gasteiger partial charge is 0.466 e. The summed E-state index contributed by atoms with van der Waals surface area (Å²) in [6.07, 6.45) is 1.32. The Hall–Kier alpha value is -1.39. The molecule has 0 bridgehead atoms. The molecule has 0 radical (unpaired) electrons. The molecule has 0 spiro atoms. The Kier molecular flexibility index (Phi) is 8.60. The molecule has 1 atom stereocenters. The van der Waals surface area contributed by atoms with Gasteiger partial charge in [0.15, 0.2) is 4.34 Å². The number of aromatic nitrogens is 2. The van der Waals surface area contributed by atoms with Crippen LogP contribution >= 0.6 is 23.1 Å². The number of anilines is 1. The smallest absolute Gasteiger partial charge is 0.309 e. The number of carbonyl (C=O) groups excluding carboxylic acids is 2. The van der Waals surface area contributed by atoms with Crippen molar-refractivity contribution in [1.29, 1.82) is 0 Å². The van der Waals surface area contributed by atoms with Gasteiger partial charge in [0.1, 0.15) is 0 Å². The number of rotatable bonds is 9. The summed E-state index contributed by atoms with van der Waals surface area (Å²) < 4.78 is 10.8. The van der Waals surface area contributed by atoms with E-state index in [2.05, 4.69) is 15.5 Å². The highest BCUT2D eigenvalue weighted by molar-refractivity contribution is 8.02. The van der Waals surface area contributed by atoms with Crippen molar-refractivity contribution in [3.8, 4) is 0 Å². The van der Waals surface area contributed by atoms with Crippen LogP contribution in [0.25, 0.3) is 0 Å². The second-order valence-electron chi connectivity index (χ2n) is 5.90. The number of carbonyl (C=O) groups is 2. The normalized spacial score (nSPS) is 16.3. The average Bonchev–Trinajstić information content (AvgIpc) is 3.09. The molecular formula is C16H26N4O4S2. The van der Waals surface area contributed by atoms with Gasteiger partial charge in [0, 0.05) is 26.7 Å². The summed E-state index contributed by atoms with van der Waals surface area (Å²) in [5, 5.41) is 11.8. The fraction of sp³-hybridized carbons (Fsp3) is 0.750. The third-order valence-corrected chi connectivity index (χ3v) is 6.09. The maximum Gasteiger partial charge on any atom is 0.309 e.